The Bertz CT molecular complexity index is 1230. The van der Waals surface area contributed by atoms with E-state index in [2.05, 4.69) is 4.98 Å². The molecular formula is C18H11ClFNO2S2. The number of aromatic nitrogens is 1. The molecule has 0 saturated carbocycles. The highest BCUT2D eigenvalue weighted by atomic mass is 35.5. The smallest absolute Gasteiger partial charge is 0.208 e. The maximum absolute atomic E-state index is 13.7. The Morgan fingerprint density at radius 2 is 1.80 bits per heavy atom. The second kappa shape index (κ2) is 5.76. The van der Waals surface area contributed by atoms with Crippen LogP contribution in [-0.2, 0) is 9.84 Å². The van der Waals surface area contributed by atoms with Crippen molar-refractivity contribution in [3.63, 3.8) is 0 Å². The van der Waals surface area contributed by atoms with Gasteiger partial charge >= 0.3 is 0 Å². The second-order valence-corrected chi connectivity index (χ2v) is 9.17. The molecule has 3 aromatic carbocycles. The van der Waals surface area contributed by atoms with E-state index >= 15 is 0 Å². The van der Waals surface area contributed by atoms with E-state index in [1.807, 2.05) is 6.92 Å². The summed E-state index contributed by atoms with van der Waals surface area (Å²) in [6.07, 6.45) is 0. The molecule has 0 aliphatic rings. The van der Waals surface area contributed by atoms with Gasteiger partial charge in [-0.05, 0) is 60.8 Å². The largest absolute Gasteiger partial charge is 0.240 e. The molecule has 0 radical (unpaired) electrons. The van der Waals surface area contributed by atoms with E-state index in [4.69, 9.17) is 11.6 Å². The molecule has 1 heterocycles. The van der Waals surface area contributed by atoms with Gasteiger partial charge in [-0.15, -0.1) is 11.3 Å². The highest BCUT2D eigenvalue weighted by molar-refractivity contribution is 7.91. The Morgan fingerprint density at radius 3 is 2.52 bits per heavy atom. The Morgan fingerprint density at radius 1 is 1.08 bits per heavy atom. The van der Waals surface area contributed by atoms with Crippen LogP contribution in [0.15, 0.2) is 58.3 Å². The molecule has 4 aromatic rings. The molecule has 4 rings (SSSR count). The monoisotopic (exact) mass is 391 g/mol. The van der Waals surface area contributed by atoms with E-state index in [0.29, 0.717) is 15.9 Å². The van der Waals surface area contributed by atoms with Gasteiger partial charge in [0, 0.05) is 10.4 Å². The van der Waals surface area contributed by atoms with Crippen LogP contribution in [0.1, 0.15) is 5.01 Å². The van der Waals surface area contributed by atoms with Gasteiger partial charge in [-0.2, -0.15) is 0 Å². The van der Waals surface area contributed by atoms with Crippen LogP contribution in [0.3, 0.4) is 0 Å². The van der Waals surface area contributed by atoms with Gasteiger partial charge in [0.15, 0.2) is 0 Å². The number of thiazole rings is 1. The number of sulfone groups is 1. The molecule has 0 amide bonds. The summed E-state index contributed by atoms with van der Waals surface area (Å²) in [6, 6.07) is 11.8. The van der Waals surface area contributed by atoms with E-state index in [-0.39, 0.29) is 9.79 Å². The zero-order valence-electron chi connectivity index (χ0n) is 13.0. The van der Waals surface area contributed by atoms with Crippen molar-refractivity contribution >= 4 is 53.8 Å². The summed E-state index contributed by atoms with van der Waals surface area (Å²) in [6.45, 7) is 1.82. The first-order valence-corrected chi connectivity index (χ1v) is 10.0. The number of rotatable bonds is 2. The lowest BCUT2D eigenvalue weighted by Crippen LogP contribution is -2.03. The lowest BCUT2D eigenvalue weighted by Gasteiger charge is -2.08. The molecule has 3 nitrogen and oxygen atoms in total. The zero-order chi connectivity index (χ0) is 17.8. The van der Waals surface area contributed by atoms with Gasteiger partial charge in [0.25, 0.3) is 0 Å². The fourth-order valence-corrected chi connectivity index (χ4v) is 5.40. The van der Waals surface area contributed by atoms with Crippen LogP contribution >= 0.6 is 22.9 Å². The summed E-state index contributed by atoms with van der Waals surface area (Å²) in [4.78, 5) is 4.62. The third-order valence-electron chi connectivity index (χ3n) is 3.93. The molecular weight excluding hydrogens is 381 g/mol. The number of fused-ring (bicyclic) bond motifs is 3. The Balaban J connectivity index is 2.10. The van der Waals surface area contributed by atoms with E-state index in [0.717, 1.165) is 15.1 Å². The van der Waals surface area contributed by atoms with Crippen molar-refractivity contribution in [2.75, 3.05) is 0 Å². The minimum atomic E-state index is -3.81. The number of halogens is 2. The molecule has 126 valence electrons. The van der Waals surface area contributed by atoms with Crippen molar-refractivity contribution < 1.29 is 12.8 Å². The van der Waals surface area contributed by atoms with Crippen LogP contribution in [0.5, 0.6) is 0 Å². The van der Waals surface area contributed by atoms with Gasteiger partial charge in [-0.3, -0.25) is 0 Å². The molecule has 0 atom stereocenters. The van der Waals surface area contributed by atoms with Crippen molar-refractivity contribution in [1.29, 1.82) is 0 Å². The topological polar surface area (TPSA) is 47.0 Å². The quantitative estimate of drug-likeness (QED) is 0.460. The predicted molar refractivity (Wildman–Crippen MR) is 98.7 cm³/mol. The minimum Gasteiger partial charge on any atom is -0.240 e. The molecule has 0 aliphatic carbocycles. The summed E-state index contributed by atoms with van der Waals surface area (Å²) in [5.41, 5.74) is 0.413. The highest BCUT2D eigenvalue weighted by Crippen LogP contribution is 2.37. The number of benzene rings is 3. The predicted octanol–water partition coefficient (Wildman–Crippen LogP) is 5.38. The molecule has 0 bridgehead atoms. The van der Waals surface area contributed by atoms with Crippen molar-refractivity contribution in [3.8, 4) is 0 Å². The number of hydrogen-bond acceptors (Lipinski definition) is 4. The Kier molecular flexibility index (Phi) is 3.79. The van der Waals surface area contributed by atoms with Gasteiger partial charge < -0.3 is 0 Å². The van der Waals surface area contributed by atoms with Gasteiger partial charge in [0.1, 0.15) is 11.3 Å². The van der Waals surface area contributed by atoms with Gasteiger partial charge in [0.2, 0.25) is 9.84 Å². The summed E-state index contributed by atoms with van der Waals surface area (Å²) in [7, 11) is -3.81. The average molecular weight is 392 g/mol. The van der Waals surface area contributed by atoms with Crippen LogP contribution in [0.25, 0.3) is 21.0 Å². The molecule has 0 saturated heterocycles. The summed E-state index contributed by atoms with van der Waals surface area (Å²) >= 11 is 7.25. The van der Waals surface area contributed by atoms with Crippen molar-refractivity contribution in [2.45, 2.75) is 16.7 Å². The van der Waals surface area contributed by atoms with E-state index < -0.39 is 15.7 Å². The molecule has 0 fully saturated rings. The zero-order valence-corrected chi connectivity index (χ0v) is 15.3. The normalized spacial score (nSPS) is 12.1. The SMILES string of the molecule is Cc1nc2c(S(=O)(=O)c3ccc(Cl)cc3)cc3cc(F)ccc3c2s1. The van der Waals surface area contributed by atoms with E-state index in [9.17, 15) is 12.8 Å². The average Bonchev–Trinajstić information content (AvgIpc) is 2.95. The number of hydrogen-bond donors (Lipinski definition) is 0. The van der Waals surface area contributed by atoms with E-state index in [1.54, 1.807) is 6.07 Å². The third kappa shape index (κ3) is 2.70. The maximum atomic E-state index is 13.7. The van der Waals surface area contributed by atoms with Crippen LogP contribution in [0, 0.1) is 12.7 Å². The van der Waals surface area contributed by atoms with Crippen molar-refractivity contribution in [2.24, 2.45) is 0 Å². The Hall–Kier alpha value is -2.02. The fourth-order valence-electron chi connectivity index (χ4n) is 2.79. The van der Waals surface area contributed by atoms with Crippen LogP contribution in [0.2, 0.25) is 5.02 Å². The summed E-state index contributed by atoms with van der Waals surface area (Å²) in [5, 5.41) is 2.52. The van der Waals surface area contributed by atoms with Gasteiger partial charge in [-0.25, -0.2) is 17.8 Å². The lowest BCUT2D eigenvalue weighted by atomic mass is 10.1. The summed E-state index contributed by atoms with van der Waals surface area (Å²) in [5.74, 6) is -0.414. The first-order valence-electron chi connectivity index (χ1n) is 7.36. The Labute approximate surface area is 152 Å². The third-order valence-corrected chi connectivity index (χ3v) is 6.96. The van der Waals surface area contributed by atoms with Gasteiger partial charge in [0.05, 0.1) is 19.5 Å². The van der Waals surface area contributed by atoms with Crippen LogP contribution in [-0.4, -0.2) is 13.4 Å². The maximum Gasteiger partial charge on any atom is 0.208 e. The van der Waals surface area contributed by atoms with E-state index in [1.165, 1.54) is 53.8 Å². The number of nitrogens with zero attached hydrogens (tertiary/aromatic N) is 1. The molecule has 0 spiro atoms. The molecule has 25 heavy (non-hydrogen) atoms. The fraction of sp³-hybridized carbons (Fsp3) is 0.0556. The molecule has 0 aliphatic heterocycles. The van der Waals surface area contributed by atoms with Crippen LogP contribution in [0.4, 0.5) is 4.39 Å². The minimum absolute atomic E-state index is 0.0762. The standard InChI is InChI=1S/C18H11ClFNO2S2/c1-10-21-17-16(25(22,23)14-5-2-12(19)3-6-14)9-11-8-13(20)4-7-15(11)18(17)24-10/h2-9H,1H3. The first-order chi connectivity index (χ1) is 11.9. The summed E-state index contributed by atoms with van der Waals surface area (Å²) < 4.78 is 40.6. The van der Waals surface area contributed by atoms with Crippen molar-refractivity contribution in [1.82, 2.24) is 4.98 Å². The second-order valence-electron chi connectivity index (χ2n) is 5.61. The molecule has 0 N–H and O–H groups in total. The van der Waals surface area contributed by atoms with Gasteiger partial charge in [-0.1, -0.05) is 11.6 Å². The molecule has 7 heteroatoms. The molecule has 1 aromatic heterocycles. The molecule has 0 unspecified atom stereocenters. The highest BCUT2D eigenvalue weighted by Gasteiger charge is 2.24. The number of aryl methyl sites for hydroxylation is 1. The van der Waals surface area contributed by atoms with Crippen LogP contribution < -0.4 is 0 Å². The first kappa shape index (κ1) is 16.4. The lowest BCUT2D eigenvalue weighted by molar-refractivity contribution is 0.597. The van der Waals surface area contributed by atoms with Crippen molar-refractivity contribution in [3.05, 3.63) is 64.4 Å².